The van der Waals surface area contributed by atoms with Crippen molar-refractivity contribution in [3.63, 3.8) is 0 Å². The Balaban J connectivity index is 1.94. The summed E-state index contributed by atoms with van der Waals surface area (Å²) in [4.78, 5) is 22.9. The molecule has 3 unspecified atom stereocenters. The molecule has 3 atom stereocenters. The fourth-order valence-electron chi connectivity index (χ4n) is 3.45. The van der Waals surface area contributed by atoms with Gasteiger partial charge in [0.1, 0.15) is 6.61 Å². The highest BCUT2D eigenvalue weighted by Gasteiger charge is 2.45. The van der Waals surface area contributed by atoms with Gasteiger partial charge in [0, 0.05) is 17.7 Å². The van der Waals surface area contributed by atoms with Crippen molar-refractivity contribution in [3.05, 3.63) is 100 Å². The van der Waals surface area contributed by atoms with E-state index in [0.29, 0.717) is 17.9 Å². The third-order valence-electron chi connectivity index (χ3n) is 5.21. The van der Waals surface area contributed by atoms with Gasteiger partial charge in [0.2, 0.25) is 0 Å². The van der Waals surface area contributed by atoms with Gasteiger partial charge in [0.05, 0.1) is 23.0 Å². The standard InChI is InChI=1S/C25H25NO9S/c1-3-32-22-11-7-8-12-23(22)34-25(35-36(30)31,20-9-5-4-6-10-20)18(2)17-33-24(27)19-13-15-21(16-14-19)26(28)29/h4-16,18H,3,17H2,1-2H3,(H,30,31). The van der Waals surface area contributed by atoms with Crippen molar-refractivity contribution < 1.29 is 36.9 Å². The Labute approximate surface area is 210 Å². The summed E-state index contributed by atoms with van der Waals surface area (Å²) >= 11 is -2.77. The van der Waals surface area contributed by atoms with Crippen molar-refractivity contribution in [2.75, 3.05) is 13.2 Å². The van der Waals surface area contributed by atoms with Gasteiger partial charge in [0.15, 0.2) is 11.5 Å². The van der Waals surface area contributed by atoms with Crippen LogP contribution in [-0.4, -0.2) is 32.9 Å². The number of ether oxygens (including phenoxy) is 3. The summed E-state index contributed by atoms with van der Waals surface area (Å²) in [5.74, 6) is -2.76. The molecule has 0 aliphatic heterocycles. The SMILES string of the molecule is CCOc1ccccc1OC(OS(=O)O)(c1ccccc1)C(C)COC(=O)c1ccc([N+](=O)[O-])cc1. The van der Waals surface area contributed by atoms with Crippen LogP contribution >= 0.6 is 0 Å². The van der Waals surface area contributed by atoms with E-state index in [1.807, 2.05) is 0 Å². The largest absolute Gasteiger partial charge is 0.490 e. The molecule has 3 aromatic carbocycles. The molecular weight excluding hydrogens is 490 g/mol. The van der Waals surface area contributed by atoms with Crippen LogP contribution in [0, 0.1) is 16.0 Å². The zero-order chi connectivity index (χ0) is 26.1. The Kier molecular flexibility index (Phi) is 9.12. The lowest BCUT2D eigenvalue weighted by molar-refractivity contribution is -0.384. The summed E-state index contributed by atoms with van der Waals surface area (Å²) in [5, 5.41) is 10.9. The summed E-state index contributed by atoms with van der Waals surface area (Å²) in [5.41, 5.74) is 0.341. The first-order valence-corrected chi connectivity index (χ1v) is 12.0. The maximum atomic E-state index is 12.6. The van der Waals surface area contributed by atoms with E-state index in [1.54, 1.807) is 68.4 Å². The number of nitrogens with zero attached hydrogens (tertiary/aromatic N) is 1. The molecule has 0 saturated heterocycles. The van der Waals surface area contributed by atoms with Gasteiger partial charge in [-0.25, -0.2) is 8.98 Å². The maximum Gasteiger partial charge on any atom is 0.338 e. The van der Waals surface area contributed by atoms with Gasteiger partial charge >= 0.3 is 17.3 Å². The van der Waals surface area contributed by atoms with Gasteiger partial charge < -0.3 is 14.2 Å². The maximum absolute atomic E-state index is 12.6. The second-order valence-corrected chi connectivity index (χ2v) is 8.22. The van der Waals surface area contributed by atoms with Gasteiger partial charge in [-0.15, -0.1) is 0 Å². The summed E-state index contributed by atoms with van der Waals surface area (Å²) < 4.78 is 44.5. The van der Waals surface area contributed by atoms with Crippen LogP contribution in [0.4, 0.5) is 5.69 Å². The minimum atomic E-state index is -2.77. The number of nitro benzene ring substituents is 1. The summed E-state index contributed by atoms with van der Waals surface area (Å²) in [7, 11) is 0. The Hall–Kier alpha value is -3.80. The van der Waals surface area contributed by atoms with Crippen molar-refractivity contribution >= 4 is 23.0 Å². The highest BCUT2D eigenvalue weighted by molar-refractivity contribution is 7.74. The zero-order valence-electron chi connectivity index (χ0n) is 19.6. The molecule has 0 spiro atoms. The Morgan fingerprint density at radius 3 is 2.22 bits per heavy atom. The zero-order valence-corrected chi connectivity index (χ0v) is 20.4. The smallest absolute Gasteiger partial charge is 0.338 e. The number of benzene rings is 3. The van der Waals surface area contributed by atoms with E-state index in [2.05, 4.69) is 0 Å². The first kappa shape index (κ1) is 26.8. The number of carbonyl (C=O) groups excluding carboxylic acids is 1. The molecule has 3 rings (SSSR count). The van der Waals surface area contributed by atoms with Crippen LogP contribution in [0.1, 0.15) is 29.8 Å². The van der Waals surface area contributed by atoms with E-state index in [1.165, 1.54) is 24.3 Å². The Morgan fingerprint density at radius 1 is 1.03 bits per heavy atom. The lowest BCUT2D eigenvalue weighted by Crippen LogP contribution is -2.45. The molecule has 0 aliphatic rings. The lowest BCUT2D eigenvalue weighted by atomic mass is 9.93. The third-order valence-corrected chi connectivity index (χ3v) is 5.60. The van der Waals surface area contributed by atoms with E-state index >= 15 is 0 Å². The van der Waals surface area contributed by atoms with Crippen molar-refractivity contribution in [1.29, 1.82) is 0 Å². The normalized spacial score (nSPS) is 14.2. The molecule has 1 N–H and O–H groups in total. The van der Waals surface area contributed by atoms with Crippen molar-refractivity contribution in [2.24, 2.45) is 5.92 Å². The molecule has 0 radical (unpaired) electrons. The van der Waals surface area contributed by atoms with Gasteiger partial charge in [-0.05, 0) is 31.2 Å². The fourth-order valence-corrected chi connectivity index (χ4v) is 3.96. The van der Waals surface area contributed by atoms with E-state index in [4.69, 9.17) is 18.4 Å². The van der Waals surface area contributed by atoms with Gasteiger partial charge in [-0.1, -0.05) is 49.4 Å². The number of rotatable bonds is 12. The number of hydrogen-bond acceptors (Lipinski definition) is 8. The number of non-ortho nitro benzene ring substituents is 1. The van der Waals surface area contributed by atoms with Crippen LogP contribution in [0.25, 0.3) is 0 Å². The van der Waals surface area contributed by atoms with Crippen LogP contribution < -0.4 is 9.47 Å². The summed E-state index contributed by atoms with van der Waals surface area (Å²) in [6.45, 7) is 3.51. The molecule has 36 heavy (non-hydrogen) atoms. The average molecular weight is 516 g/mol. The summed E-state index contributed by atoms with van der Waals surface area (Å²) in [6, 6.07) is 20.2. The van der Waals surface area contributed by atoms with Crippen LogP contribution in [0.5, 0.6) is 11.5 Å². The van der Waals surface area contributed by atoms with Crippen LogP contribution in [-0.2, 0) is 26.1 Å². The molecule has 0 bridgehead atoms. The predicted molar refractivity (Wildman–Crippen MR) is 131 cm³/mol. The third kappa shape index (κ3) is 6.45. The number of carbonyl (C=O) groups is 1. The highest BCUT2D eigenvalue weighted by Crippen LogP contribution is 2.41. The molecule has 3 aromatic rings. The minimum Gasteiger partial charge on any atom is -0.490 e. The molecule has 0 fully saturated rings. The number of esters is 1. The molecule has 10 nitrogen and oxygen atoms in total. The molecule has 0 heterocycles. The van der Waals surface area contributed by atoms with Crippen molar-refractivity contribution in [3.8, 4) is 11.5 Å². The Bertz CT molecular complexity index is 1200. The van der Waals surface area contributed by atoms with Crippen molar-refractivity contribution in [2.45, 2.75) is 19.6 Å². The molecule has 0 aromatic heterocycles. The number of hydrogen-bond donors (Lipinski definition) is 1. The monoisotopic (exact) mass is 515 g/mol. The van der Waals surface area contributed by atoms with E-state index in [0.717, 1.165) is 0 Å². The van der Waals surface area contributed by atoms with Gasteiger partial charge in [0.25, 0.3) is 11.5 Å². The second-order valence-electron chi connectivity index (χ2n) is 7.62. The van der Waals surface area contributed by atoms with E-state index in [9.17, 15) is 23.7 Å². The van der Waals surface area contributed by atoms with Crippen LogP contribution in [0.3, 0.4) is 0 Å². The molecule has 11 heteroatoms. The lowest BCUT2D eigenvalue weighted by Gasteiger charge is -2.37. The molecule has 0 aliphatic carbocycles. The molecular formula is C25H25NO9S. The number of nitro groups is 1. The first-order chi connectivity index (χ1) is 17.3. The fraction of sp³-hybridized carbons (Fsp3) is 0.240. The van der Waals surface area contributed by atoms with E-state index in [-0.39, 0.29) is 23.6 Å². The first-order valence-electron chi connectivity index (χ1n) is 10.9. The van der Waals surface area contributed by atoms with Crippen LogP contribution in [0.15, 0.2) is 78.9 Å². The molecule has 190 valence electrons. The van der Waals surface area contributed by atoms with Gasteiger partial charge in [-0.2, -0.15) is 4.21 Å². The second kappa shape index (κ2) is 12.2. The molecule has 0 amide bonds. The highest BCUT2D eigenvalue weighted by atomic mass is 32.2. The van der Waals surface area contributed by atoms with Gasteiger partial charge in [-0.3, -0.25) is 14.7 Å². The van der Waals surface area contributed by atoms with Crippen LogP contribution in [0.2, 0.25) is 0 Å². The molecule has 0 saturated carbocycles. The van der Waals surface area contributed by atoms with Crippen molar-refractivity contribution in [1.82, 2.24) is 0 Å². The minimum absolute atomic E-state index is 0.104. The van der Waals surface area contributed by atoms with E-state index < -0.39 is 34.0 Å². The average Bonchev–Trinajstić information content (AvgIpc) is 2.88. The topological polar surface area (TPSA) is 134 Å². The summed E-state index contributed by atoms with van der Waals surface area (Å²) in [6.07, 6.45) is 0. The number of para-hydroxylation sites is 2. The quantitative estimate of drug-likeness (QED) is 0.118. The predicted octanol–water partition coefficient (Wildman–Crippen LogP) is 4.87. The Morgan fingerprint density at radius 2 is 1.64 bits per heavy atom.